The quantitative estimate of drug-likeness (QED) is 0.560. The number of piperidine rings is 1. The third-order valence-corrected chi connectivity index (χ3v) is 8.86. The number of carbonyl (C=O) groups excluding carboxylic acids is 1. The van der Waals surface area contributed by atoms with Crippen molar-refractivity contribution in [3.8, 4) is 0 Å². The second-order valence-electron chi connectivity index (χ2n) is 8.85. The highest BCUT2D eigenvalue weighted by Crippen LogP contribution is 2.33. The number of hydrogen-bond donors (Lipinski definition) is 1. The van der Waals surface area contributed by atoms with Crippen LogP contribution in [0.2, 0.25) is 0 Å². The molecule has 33 heavy (non-hydrogen) atoms. The van der Waals surface area contributed by atoms with Crippen molar-refractivity contribution in [1.82, 2.24) is 14.8 Å². The number of rotatable bonds is 7. The highest BCUT2D eigenvalue weighted by Gasteiger charge is 2.38. The summed E-state index contributed by atoms with van der Waals surface area (Å²) in [6, 6.07) is 14.3. The fraction of sp³-hybridized carbons (Fsp3) is 0.440. The smallest absolute Gasteiger partial charge is 0.248 e. The molecule has 3 aromatic rings. The van der Waals surface area contributed by atoms with E-state index < -0.39 is 10.0 Å². The first-order chi connectivity index (χ1) is 15.8. The molecule has 8 heteroatoms. The Balaban J connectivity index is 1.39. The average Bonchev–Trinajstić information content (AvgIpc) is 3.16. The number of fused-ring (bicyclic) bond motifs is 1. The Labute approximate surface area is 195 Å². The topological polar surface area (TPSA) is 92.5 Å². The normalized spacial score (nSPS) is 19.6. The summed E-state index contributed by atoms with van der Waals surface area (Å²) in [4.78, 5) is 12.9. The lowest BCUT2D eigenvalue weighted by atomic mass is 9.82. The molecule has 1 saturated heterocycles. The molecule has 0 aliphatic carbocycles. The Morgan fingerprint density at radius 3 is 2.64 bits per heavy atom. The fourth-order valence-corrected chi connectivity index (χ4v) is 6.72. The van der Waals surface area contributed by atoms with Gasteiger partial charge in [-0.1, -0.05) is 61.0 Å². The van der Waals surface area contributed by atoms with Gasteiger partial charge in [-0.25, -0.2) is 8.42 Å². The maximum absolute atomic E-state index is 13.2. The van der Waals surface area contributed by atoms with E-state index in [0.29, 0.717) is 43.9 Å². The average molecular weight is 470 g/mol. The standard InChI is InChI=1S/C25H31N3O4S/c1-4-19-16-28(33(30,31)25-17(2)27-32-18(25)3)13-12-21(19)14-24(29)26-15-22-10-7-9-20-8-5-6-11-23(20)22/h5-11,19,21H,4,12-16H2,1-3H3,(H,26,29)/t19-,21+/m1/s1. The van der Waals surface area contributed by atoms with Gasteiger partial charge in [0.15, 0.2) is 5.76 Å². The second-order valence-corrected chi connectivity index (χ2v) is 10.7. The van der Waals surface area contributed by atoms with Crippen LogP contribution in [0.1, 0.15) is 43.2 Å². The van der Waals surface area contributed by atoms with Gasteiger partial charge >= 0.3 is 0 Å². The van der Waals surface area contributed by atoms with Gasteiger partial charge < -0.3 is 9.84 Å². The van der Waals surface area contributed by atoms with Crippen molar-refractivity contribution in [1.29, 1.82) is 0 Å². The predicted octanol–water partition coefficient (Wildman–Crippen LogP) is 4.19. The zero-order valence-corrected chi connectivity index (χ0v) is 20.2. The van der Waals surface area contributed by atoms with E-state index in [2.05, 4.69) is 35.6 Å². The minimum absolute atomic E-state index is 0.00779. The molecule has 1 N–H and O–H groups in total. The highest BCUT2D eigenvalue weighted by molar-refractivity contribution is 7.89. The van der Waals surface area contributed by atoms with Crippen molar-refractivity contribution in [3.05, 3.63) is 59.5 Å². The summed E-state index contributed by atoms with van der Waals surface area (Å²) in [5.41, 5.74) is 1.48. The summed E-state index contributed by atoms with van der Waals surface area (Å²) >= 11 is 0. The molecule has 0 bridgehead atoms. The molecule has 2 aromatic carbocycles. The van der Waals surface area contributed by atoms with Gasteiger partial charge in [0.2, 0.25) is 15.9 Å². The van der Waals surface area contributed by atoms with Gasteiger partial charge in [-0.3, -0.25) is 4.79 Å². The Kier molecular flexibility index (Phi) is 6.86. The van der Waals surface area contributed by atoms with Crippen LogP contribution in [0.4, 0.5) is 0 Å². The molecular formula is C25H31N3O4S. The van der Waals surface area contributed by atoms with Crippen molar-refractivity contribution >= 4 is 26.7 Å². The molecule has 0 radical (unpaired) electrons. The lowest BCUT2D eigenvalue weighted by Gasteiger charge is -2.37. The molecule has 1 aliphatic rings. The van der Waals surface area contributed by atoms with Crippen LogP contribution < -0.4 is 5.32 Å². The van der Waals surface area contributed by atoms with E-state index in [4.69, 9.17) is 4.52 Å². The van der Waals surface area contributed by atoms with E-state index in [9.17, 15) is 13.2 Å². The predicted molar refractivity (Wildman–Crippen MR) is 127 cm³/mol. The first-order valence-electron chi connectivity index (χ1n) is 11.5. The second kappa shape index (κ2) is 9.65. The summed E-state index contributed by atoms with van der Waals surface area (Å²) in [5.74, 6) is 0.597. The van der Waals surface area contributed by atoms with Gasteiger partial charge in [-0.05, 0) is 48.4 Å². The minimum atomic E-state index is -3.67. The molecular weight excluding hydrogens is 438 g/mol. The van der Waals surface area contributed by atoms with Gasteiger partial charge in [0.1, 0.15) is 10.6 Å². The van der Waals surface area contributed by atoms with E-state index in [0.717, 1.165) is 22.8 Å². The Morgan fingerprint density at radius 2 is 1.91 bits per heavy atom. The van der Waals surface area contributed by atoms with E-state index in [-0.39, 0.29) is 22.6 Å². The lowest BCUT2D eigenvalue weighted by molar-refractivity contribution is -0.122. The maximum atomic E-state index is 13.2. The third kappa shape index (κ3) is 4.82. The van der Waals surface area contributed by atoms with Gasteiger partial charge in [0, 0.05) is 26.1 Å². The molecule has 0 saturated carbocycles. The molecule has 2 heterocycles. The molecule has 176 valence electrons. The molecule has 7 nitrogen and oxygen atoms in total. The highest BCUT2D eigenvalue weighted by atomic mass is 32.2. The zero-order chi connectivity index (χ0) is 23.6. The monoisotopic (exact) mass is 469 g/mol. The number of benzene rings is 2. The summed E-state index contributed by atoms with van der Waals surface area (Å²) in [5, 5.41) is 9.17. The van der Waals surface area contributed by atoms with Crippen molar-refractivity contribution < 1.29 is 17.7 Å². The van der Waals surface area contributed by atoms with Crippen LogP contribution in [0.15, 0.2) is 51.9 Å². The number of aromatic nitrogens is 1. The van der Waals surface area contributed by atoms with Crippen LogP contribution >= 0.6 is 0 Å². The van der Waals surface area contributed by atoms with Gasteiger partial charge in [-0.2, -0.15) is 4.31 Å². The van der Waals surface area contributed by atoms with Gasteiger partial charge in [-0.15, -0.1) is 0 Å². The number of aryl methyl sites for hydroxylation is 2. The summed E-state index contributed by atoms with van der Waals surface area (Å²) in [6.45, 7) is 6.60. The Morgan fingerprint density at radius 1 is 1.15 bits per heavy atom. The number of hydrogen-bond acceptors (Lipinski definition) is 5. The summed E-state index contributed by atoms with van der Waals surface area (Å²) in [6.07, 6.45) is 1.88. The van der Waals surface area contributed by atoms with E-state index in [1.165, 1.54) is 4.31 Å². The summed E-state index contributed by atoms with van der Waals surface area (Å²) in [7, 11) is -3.67. The largest absolute Gasteiger partial charge is 0.360 e. The third-order valence-electron chi connectivity index (χ3n) is 6.75. The van der Waals surface area contributed by atoms with Crippen molar-refractivity contribution in [3.63, 3.8) is 0 Å². The van der Waals surface area contributed by atoms with E-state index >= 15 is 0 Å². The lowest BCUT2D eigenvalue weighted by Crippen LogP contribution is -2.45. The number of nitrogens with zero attached hydrogens (tertiary/aromatic N) is 2. The SMILES string of the molecule is CC[C@@H]1CN(S(=O)(=O)c2c(C)noc2C)CC[C@H]1CC(=O)NCc1cccc2ccccc12. The number of carbonyl (C=O) groups is 1. The van der Waals surface area contributed by atoms with Gasteiger partial charge in [0.25, 0.3) is 0 Å². The molecule has 1 amide bonds. The number of sulfonamides is 1. The summed E-state index contributed by atoms with van der Waals surface area (Å²) < 4.78 is 33.0. The van der Waals surface area contributed by atoms with Crippen LogP contribution in [0.3, 0.4) is 0 Å². The van der Waals surface area contributed by atoms with Crippen LogP contribution in [0.5, 0.6) is 0 Å². The molecule has 0 unspecified atom stereocenters. The van der Waals surface area contributed by atoms with Crippen molar-refractivity contribution in [2.45, 2.75) is 51.5 Å². The maximum Gasteiger partial charge on any atom is 0.248 e. The zero-order valence-electron chi connectivity index (χ0n) is 19.4. The van der Waals surface area contributed by atoms with E-state index in [1.54, 1.807) is 13.8 Å². The van der Waals surface area contributed by atoms with Crippen LogP contribution in [-0.2, 0) is 21.4 Å². The number of amides is 1. The number of nitrogens with one attached hydrogen (secondary N) is 1. The fourth-order valence-electron chi connectivity index (χ4n) is 4.92. The first-order valence-corrected chi connectivity index (χ1v) is 12.9. The van der Waals surface area contributed by atoms with Crippen LogP contribution in [0.25, 0.3) is 10.8 Å². The molecule has 0 spiro atoms. The van der Waals surface area contributed by atoms with E-state index in [1.807, 2.05) is 24.3 Å². The Hall–Kier alpha value is -2.71. The van der Waals surface area contributed by atoms with Gasteiger partial charge in [0.05, 0.1) is 0 Å². The van der Waals surface area contributed by atoms with Crippen molar-refractivity contribution in [2.75, 3.05) is 13.1 Å². The molecule has 2 atom stereocenters. The van der Waals surface area contributed by atoms with Crippen LogP contribution in [0, 0.1) is 25.7 Å². The Bertz CT molecular complexity index is 1230. The van der Waals surface area contributed by atoms with Crippen molar-refractivity contribution in [2.24, 2.45) is 11.8 Å². The molecule has 1 fully saturated rings. The molecule has 1 aromatic heterocycles. The molecule has 1 aliphatic heterocycles. The van der Waals surface area contributed by atoms with Crippen LogP contribution in [-0.4, -0.2) is 36.9 Å². The molecule has 4 rings (SSSR count). The minimum Gasteiger partial charge on any atom is -0.360 e. The first kappa shape index (κ1) is 23.4.